The van der Waals surface area contributed by atoms with Crippen LogP contribution >= 0.6 is 11.6 Å². The van der Waals surface area contributed by atoms with Gasteiger partial charge in [0.2, 0.25) is 10.0 Å². The quantitative estimate of drug-likeness (QED) is 0.869. The molecule has 0 aromatic heterocycles. The Bertz CT molecular complexity index is 563. The van der Waals surface area contributed by atoms with E-state index in [1.807, 2.05) is 18.2 Å². The molecule has 1 aliphatic heterocycles. The standard InChI is InChI=1S/C15H23ClN2O2S/c1-21(19,20)17-11-13-5-4-9-18(12-13)10-8-14-6-2-3-7-15(14)16/h2-3,6-7,13,17H,4-5,8-12H2,1H3/t13-/m0/s1. The molecule has 118 valence electrons. The van der Waals surface area contributed by atoms with Crippen LogP contribution in [0.15, 0.2) is 24.3 Å². The zero-order chi connectivity index (χ0) is 15.3. The Morgan fingerprint density at radius 3 is 2.86 bits per heavy atom. The number of nitrogens with one attached hydrogen (secondary N) is 1. The minimum absolute atomic E-state index is 0.403. The molecule has 1 aromatic rings. The molecule has 1 aliphatic rings. The third kappa shape index (κ3) is 5.94. The van der Waals surface area contributed by atoms with Gasteiger partial charge >= 0.3 is 0 Å². The Labute approximate surface area is 132 Å². The molecule has 0 radical (unpaired) electrons. The molecule has 0 bridgehead atoms. The Kier molecular flexibility index (Phi) is 6.05. The maximum absolute atomic E-state index is 11.2. The third-order valence-corrected chi connectivity index (χ3v) is 4.95. The molecule has 1 aromatic carbocycles. The normalized spacial score (nSPS) is 20.6. The summed E-state index contributed by atoms with van der Waals surface area (Å²) in [5, 5.41) is 0.824. The molecule has 1 fully saturated rings. The van der Waals surface area contributed by atoms with Crippen LogP contribution in [-0.4, -0.2) is 45.8 Å². The molecule has 0 unspecified atom stereocenters. The SMILES string of the molecule is CS(=O)(=O)NC[C@@H]1CCCN(CCc2ccccc2Cl)C1. The van der Waals surface area contributed by atoms with Gasteiger partial charge in [-0.25, -0.2) is 13.1 Å². The van der Waals surface area contributed by atoms with Gasteiger partial charge in [0.25, 0.3) is 0 Å². The third-order valence-electron chi connectivity index (χ3n) is 3.89. The number of nitrogens with zero attached hydrogens (tertiary/aromatic N) is 1. The maximum atomic E-state index is 11.2. The molecule has 6 heteroatoms. The Morgan fingerprint density at radius 1 is 1.38 bits per heavy atom. The van der Waals surface area contributed by atoms with Crippen LogP contribution in [0.2, 0.25) is 5.02 Å². The molecule has 4 nitrogen and oxygen atoms in total. The molecule has 0 spiro atoms. The summed E-state index contributed by atoms with van der Waals surface area (Å²) in [5.41, 5.74) is 1.18. The summed E-state index contributed by atoms with van der Waals surface area (Å²) >= 11 is 6.18. The van der Waals surface area contributed by atoms with Gasteiger partial charge < -0.3 is 4.90 Å². The summed E-state index contributed by atoms with van der Waals surface area (Å²) in [6, 6.07) is 7.94. The lowest BCUT2D eigenvalue weighted by atomic mass is 9.98. The number of benzene rings is 1. The fraction of sp³-hybridized carbons (Fsp3) is 0.600. The minimum Gasteiger partial charge on any atom is -0.303 e. The molecule has 21 heavy (non-hydrogen) atoms. The van der Waals surface area contributed by atoms with E-state index in [2.05, 4.69) is 15.7 Å². The van der Waals surface area contributed by atoms with Crippen molar-refractivity contribution in [3.63, 3.8) is 0 Å². The van der Waals surface area contributed by atoms with Crippen molar-refractivity contribution in [2.75, 3.05) is 32.4 Å². The van der Waals surface area contributed by atoms with Crippen molar-refractivity contribution in [2.45, 2.75) is 19.3 Å². The van der Waals surface area contributed by atoms with Gasteiger partial charge in [0, 0.05) is 24.7 Å². The summed E-state index contributed by atoms with van der Waals surface area (Å²) in [7, 11) is -3.09. The topological polar surface area (TPSA) is 49.4 Å². The fourth-order valence-electron chi connectivity index (χ4n) is 2.77. The highest BCUT2D eigenvalue weighted by molar-refractivity contribution is 7.88. The molecule has 1 saturated heterocycles. The summed E-state index contributed by atoms with van der Waals surface area (Å²) in [6.07, 6.45) is 4.36. The smallest absolute Gasteiger partial charge is 0.208 e. The number of hydrogen-bond acceptors (Lipinski definition) is 3. The largest absolute Gasteiger partial charge is 0.303 e. The molecular formula is C15H23ClN2O2S. The van der Waals surface area contributed by atoms with Crippen LogP contribution in [0.4, 0.5) is 0 Å². The summed E-state index contributed by atoms with van der Waals surface area (Å²) < 4.78 is 24.9. The van der Waals surface area contributed by atoms with Crippen molar-refractivity contribution in [1.29, 1.82) is 0 Å². The first-order valence-electron chi connectivity index (χ1n) is 7.34. The van der Waals surface area contributed by atoms with Crippen molar-refractivity contribution < 1.29 is 8.42 Å². The number of likely N-dealkylation sites (tertiary alicyclic amines) is 1. The number of piperidine rings is 1. The van der Waals surface area contributed by atoms with Crippen LogP contribution in [0.5, 0.6) is 0 Å². The van der Waals surface area contributed by atoms with E-state index in [0.717, 1.165) is 43.9 Å². The lowest BCUT2D eigenvalue weighted by molar-refractivity contribution is 0.178. The summed E-state index contributed by atoms with van der Waals surface area (Å²) in [5.74, 6) is 0.403. The second-order valence-electron chi connectivity index (χ2n) is 5.77. The zero-order valence-electron chi connectivity index (χ0n) is 12.4. The molecule has 0 saturated carbocycles. The van der Waals surface area contributed by atoms with E-state index >= 15 is 0 Å². The maximum Gasteiger partial charge on any atom is 0.208 e. The van der Waals surface area contributed by atoms with Crippen molar-refractivity contribution >= 4 is 21.6 Å². The van der Waals surface area contributed by atoms with Gasteiger partial charge in [0.15, 0.2) is 0 Å². The van der Waals surface area contributed by atoms with Crippen LogP contribution in [-0.2, 0) is 16.4 Å². The van der Waals surface area contributed by atoms with Crippen molar-refractivity contribution in [3.05, 3.63) is 34.9 Å². The molecule has 1 heterocycles. The molecular weight excluding hydrogens is 308 g/mol. The highest BCUT2D eigenvalue weighted by atomic mass is 35.5. The van der Waals surface area contributed by atoms with Gasteiger partial charge in [0.1, 0.15) is 0 Å². The van der Waals surface area contributed by atoms with Crippen molar-refractivity contribution in [1.82, 2.24) is 9.62 Å². The fourth-order valence-corrected chi connectivity index (χ4v) is 3.54. The van der Waals surface area contributed by atoms with Gasteiger partial charge in [-0.1, -0.05) is 29.8 Å². The number of rotatable bonds is 6. The van der Waals surface area contributed by atoms with Crippen LogP contribution in [0.1, 0.15) is 18.4 Å². The Morgan fingerprint density at radius 2 is 2.14 bits per heavy atom. The van der Waals surface area contributed by atoms with Crippen molar-refractivity contribution in [2.24, 2.45) is 5.92 Å². The van der Waals surface area contributed by atoms with E-state index in [9.17, 15) is 8.42 Å². The van der Waals surface area contributed by atoms with Gasteiger partial charge in [-0.2, -0.15) is 0 Å². The van der Waals surface area contributed by atoms with Crippen LogP contribution in [0.25, 0.3) is 0 Å². The molecule has 1 N–H and O–H groups in total. The van der Waals surface area contributed by atoms with Gasteiger partial charge in [0.05, 0.1) is 6.26 Å². The summed E-state index contributed by atoms with van der Waals surface area (Å²) in [4.78, 5) is 2.40. The van der Waals surface area contributed by atoms with Gasteiger partial charge in [-0.05, 0) is 43.4 Å². The molecule has 2 rings (SSSR count). The molecule has 0 amide bonds. The lowest BCUT2D eigenvalue weighted by Gasteiger charge is -2.32. The van der Waals surface area contributed by atoms with E-state index in [1.54, 1.807) is 0 Å². The zero-order valence-corrected chi connectivity index (χ0v) is 14.0. The highest BCUT2D eigenvalue weighted by Gasteiger charge is 2.20. The van der Waals surface area contributed by atoms with Gasteiger partial charge in [-0.15, -0.1) is 0 Å². The molecule has 0 aliphatic carbocycles. The van der Waals surface area contributed by atoms with E-state index in [0.29, 0.717) is 12.5 Å². The van der Waals surface area contributed by atoms with E-state index in [1.165, 1.54) is 11.8 Å². The number of hydrogen-bond donors (Lipinski definition) is 1. The number of halogens is 1. The van der Waals surface area contributed by atoms with Gasteiger partial charge in [-0.3, -0.25) is 0 Å². The average molecular weight is 331 g/mol. The lowest BCUT2D eigenvalue weighted by Crippen LogP contribution is -2.41. The van der Waals surface area contributed by atoms with Crippen LogP contribution in [0, 0.1) is 5.92 Å². The van der Waals surface area contributed by atoms with Crippen LogP contribution < -0.4 is 4.72 Å². The first-order valence-corrected chi connectivity index (χ1v) is 9.61. The number of sulfonamides is 1. The highest BCUT2D eigenvalue weighted by Crippen LogP contribution is 2.19. The summed E-state index contributed by atoms with van der Waals surface area (Å²) in [6.45, 7) is 3.55. The second kappa shape index (κ2) is 7.58. The monoisotopic (exact) mass is 330 g/mol. The van der Waals surface area contributed by atoms with Crippen molar-refractivity contribution in [3.8, 4) is 0 Å². The first kappa shape index (κ1) is 16.7. The first-order chi connectivity index (χ1) is 9.94. The van der Waals surface area contributed by atoms with E-state index in [4.69, 9.17) is 11.6 Å². The average Bonchev–Trinajstić information content (AvgIpc) is 2.44. The predicted molar refractivity (Wildman–Crippen MR) is 87.2 cm³/mol. The second-order valence-corrected chi connectivity index (χ2v) is 8.01. The predicted octanol–water partition coefficient (Wildman–Crippen LogP) is 2.14. The van der Waals surface area contributed by atoms with E-state index in [-0.39, 0.29) is 0 Å². The Balaban J connectivity index is 1.80. The Hall–Kier alpha value is -0.620. The van der Waals surface area contributed by atoms with E-state index < -0.39 is 10.0 Å². The minimum atomic E-state index is -3.09. The van der Waals surface area contributed by atoms with Crippen LogP contribution in [0.3, 0.4) is 0 Å². The molecule has 1 atom stereocenters.